The third kappa shape index (κ3) is 3.90. The molecule has 0 heterocycles. The minimum atomic E-state index is -0.629. The van der Waals surface area contributed by atoms with E-state index in [1.165, 1.54) is 0 Å². The van der Waals surface area contributed by atoms with Gasteiger partial charge in [-0.05, 0) is 33.9 Å². The van der Waals surface area contributed by atoms with E-state index < -0.39 is 11.4 Å². The molecule has 110 valence electrons. The maximum absolute atomic E-state index is 12.1. The smallest absolute Gasteiger partial charge is 0.172 e. The van der Waals surface area contributed by atoms with Crippen molar-refractivity contribution in [2.45, 2.75) is 59.9 Å². The van der Waals surface area contributed by atoms with Crippen molar-refractivity contribution in [1.82, 2.24) is 10.4 Å². The quantitative estimate of drug-likeness (QED) is 0.414. The lowest BCUT2D eigenvalue weighted by molar-refractivity contribution is -1.14. The Morgan fingerprint density at radius 3 is 2.00 bits per heavy atom. The maximum atomic E-state index is 12.1. The van der Waals surface area contributed by atoms with Crippen LogP contribution in [0.2, 0.25) is 0 Å². The van der Waals surface area contributed by atoms with Crippen LogP contribution in [0, 0.1) is 5.21 Å². The van der Waals surface area contributed by atoms with Gasteiger partial charge in [-0.25, -0.2) is 0 Å². The molecule has 0 saturated carbocycles. The Balaban J connectivity index is 5.12. The predicted molar refractivity (Wildman–Crippen MR) is 75.4 cm³/mol. The Labute approximate surface area is 112 Å². The van der Waals surface area contributed by atoms with Gasteiger partial charge >= 0.3 is 0 Å². The molecular formula is C13H31N3O2. The van der Waals surface area contributed by atoms with Gasteiger partial charge in [0.05, 0.1) is 0 Å². The number of hydrogen-bond donors (Lipinski definition) is 1. The van der Waals surface area contributed by atoms with Crippen LogP contribution in [-0.4, -0.2) is 47.8 Å². The molecule has 0 amide bonds. The summed E-state index contributed by atoms with van der Waals surface area (Å²) in [4.78, 5) is 6.19. The van der Waals surface area contributed by atoms with Crippen molar-refractivity contribution in [1.29, 1.82) is 0 Å². The fourth-order valence-corrected chi connectivity index (χ4v) is 2.15. The summed E-state index contributed by atoms with van der Waals surface area (Å²) >= 11 is 0. The average molecular weight is 261 g/mol. The third-order valence-corrected chi connectivity index (χ3v) is 3.69. The number of hydroxylamine groups is 5. The van der Waals surface area contributed by atoms with Crippen LogP contribution in [0.5, 0.6) is 0 Å². The van der Waals surface area contributed by atoms with Crippen LogP contribution >= 0.6 is 0 Å². The van der Waals surface area contributed by atoms with E-state index in [1.54, 1.807) is 0 Å². The molecule has 0 aliphatic heterocycles. The predicted octanol–water partition coefficient (Wildman–Crippen LogP) is 2.29. The molecule has 0 bridgehead atoms. The molecule has 0 aromatic heterocycles. The Bertz CT molecular complexity index is 257. The van der Waals surface area contributed by atoms with Crippen LogP contribution in [0.3, 0.4) is 0 Å². The monoisotopic (exact) mass is 261 g/mol. The summed E-state index contributed by atoms with van der Waals surface area (Å²) < 4.78 is 0.240. The van der Waals surface area contributed by atoms with Gasteiger partial charge in [-0.2, -0.15) is 9.48 Å². The lowest BCUT2D eigenvalue weighted by Crippen LogP contribution is -2.68. The van der Waals surface area contributed by atoms with E-state index >= 15 is 0 Å². The second-order valence-corrected chi connectivity index (χ2v) is 5.74. The summed E-state index contributed by atoms with van der Waals surface area (Å²) in [6.07, 6.45) is 0. The van der Waals surface area contributed by atoms with E-state index in [9.17, 15) is 5.21 Å². The van der Waals surface area contributed by atoms with Crippen molar-refractivity contribution < 1.29 is 9.48 Å². The highest BCUT2D eigenvalue weighted by atomic mass is 16.8. The van der Waals surface area contributed by atoms with Crippen molar-refractivity contribution in [2.75, 3.05) is 26.7 Å². The molecule has 0 radical (unpaired) electrons. The van der Waals surface area contributed by atoms with Crippen LogP contribution in [-0.2, 0) is 4.84 Å². The first-order valence-corrected chi connectivity index (χ1v) is 6.82. The van der Waals surface area contributed by atoms with Gasteiger partial charge in [0.2, 0.25) is 0 Å². The normalized spacial score (nSPS) is 17.0. The number of nitrogens with one attached hydrogen (secondary N) is 1. The van der Waals surface area contributed by atoms with E-state index in [0.717, 1.165) is 18.2 Å². The second kappa shape index (κ2) is 6.30. The van der Waals surface area contributed by atoms with E-state index in [-0.39, 0.29) is 4.65 Å². The molecule has 1 N–H and O–H groups in total. The summed E-state index contributed by atoms with van der Waals surface area (Å²) in [6, 6.07) is 0. The molecule has 0 fully saturated rings. The first-order chi connectivity index (χ1) is 8.06. The number of nitrogens with zero attached hydrogens (tertiary/aromatic N) is 2. The molecule has 0 saturated heterocycles. The van der Waals surface area contributed by atoms with E-state index in [0.29, 0.717) is 6.54 Å². The third-order valence-electron chi connectivity index (χ3n) is 3.69. The zero-order chi connectivity index (χ0) is 14.6. The SMILES string of the molecule is CCNC(C)(C)O[N+](C)(CC)C(C)(C)N([O-])CC. The molecule has 0 aliphatic carbocycles. The average Bonchev–Trinajstić information content (AvgIpc) is 2.26. The van der Waals surface area contributed by atoms with Crippen LogP contribution in [0.1, 0.15) is 48.5 Å². The molecule has 1 atom stereocenters. The first-order valence-electron chi connectivity index (χ1n) is 6.82. The Kier molecular flexibility index (Phi) is 6.23. The van der Waals surface area contributed by atoms with Crippen LogP contribution in [0.4, 0.5) is 0 Å². The van der Waals surface area contributed by atoms with Crippen molar-refractivity contribution in [3.63, 3.8) is 0 Å². The van der Waals surface area contributed by atoms with Crippen molar-refractivity contribution in [3.05, 3.63) is 5.21 Å². The minimum Gasteiger partial charge on any atom is -0.781 e. The van der Waals surface area contributed by atoms with Crippen molar-refractivity contribution in [2.24, 2.45) is 0 Å². The van der Waals surface area contributed by atoms with Crippen molar-refractivity contribution in [3.8, 4) is 0 Å². The van der Waals surface area contributed by atoms with Crippen molar-refractivity contribution >= 4 is 0 Å². The maximum Gasteiger partial charge on any atom is 0.172 e. The molecule has 0 aromatic rings. The molecule has 0 spiro atoms. The number of quaternary nitrogens is 1. The zero-order valence-electron chi connectivity index (χ0n) is 13.3. The molecule has 0 aromatic carbocycles. The fourth-order valence-electron chi connectivity index (χ4n) is 2.15. The van der Waals surface area contributed by atoms with Gasteiger partial charge in [0.25, 0.3) is 0 Å². The largest absolute Gasteiger partial charge is 0.781 e. The first kappa shape index (κ1) is 17.8. The second-order valence-electron chi connectivity index (χ2n) is 5.74. The van der Waals surface area contributed by atoms with Gasteiger partial charge in [-0.15, -0.1) is 0 Å². The van der Waals surface area contributed by atoms with E-state index in [1.807, 2.05) is 55.5 Å². The lowest BCUT2D eigenvalue weighted by Gasteiger charge is -2.54. The highest BCUT2D eigenvalue weighted by Gasteiger charge is 2.45. The fraction of sp³-hybridized carbons (Fsp3) is 1.00. The molecule has 0 rings (SSSR count). The highest BCUT2D eigenvalue weighted by Crippen LogP contribution is 2.29. The standard InChI is InChI=1S/C13H31N3O2/c1-9-14-12(4,5)18-16(8,11-3)13(6,7)15(17)10-2/h14H,9-11H2,1-8H3. The Hall–Kier alpha value is -0.200. The number of rotatable bonds is 8. The van der Waals surface area contributed by atoms with Gasteiger partial charge in [-0.3, -0.25) is 5.32 Å². The Morgan fingerprint density at radius 1 is 1.17 bits per heavy atom. The van der Waals surface area contributed by atoms with Crippen LogP contribution in [0.25, 0.3) is 0 Å². The molecular weight excluding hydrogens is 230 g/mol. The summed E-state index contributed by atoms with van der Waals surface area (Å²) in [5.41, 5.74) is -1.10. The van der Waals surface area contributed by atoms with Gasteiger partial charge in [0.15, 0.2) is 11.4 Å². The van der Waals surface area contributed by atoms with E-state index in [4.69, 9.17) is 4.84 Å². The molecule has 1 unspecified atom stereocenters. The molecule has 18 heavy (non-hydrogen) atoms. The zero-order valence-corrected chi connectivity index (χ0v) is 13.3. The number of hydrogen-bond acceptors (Lipinski definition) is 4. The molecule has 0 aliphatic rings. The Morgan fingerprint density at radius 2 is 1.67 bits per heavy atom. The highest BCUT2D eigenvalue weighted by molar-refractivity contribution is 4.71. The van der Waals surface area contributed by atoms with Gasteiger partial charge in [-0.1, -0.05) is 13.8 Å². The summed E-state index contributed by atoms with van der Waals surface area (Å²) in [5.74, 6) is 0. The minimum absolute atomic E-state index is 0.240. The van der Waals surface area contributed by atoms with Gasteiger partial charge < -0.3 is 10.3 Å². The summed E-state index contributed by atoms with van der Waals surface area (Å²) in [5, 5.41) is 16.4. The lowest BCUT2D eigenvalue weighted by atomic mass is 10.2. The van der Waals surface area contributed by atoms with E-state index in [2.05, 4.69) is 5.32 Å². The summed E-state index contributed by atoms with van der Waals surface area (Å²) in [7, 11) is 1.96. The van der Waals surface area contributed by atoms with Crippen LogP contribution < -0.4 is 5.32 Å². The summed E-state index contributed by atoms with van der Waals surface area (Å²) in [6.45, 7) is 15.8. The topological polar surface area (TPSA) is 47.6 Å². The van der Waals surface area contributed by atoms with Gasteiger partial charge in [0, 0.05) is 13.8 Å². The van der Waals surface area contributed by atoms with Gasteiger partial charge in [0.1, 0.15) is 13.6 Å². The van der Waals surface area contributed by atoms with Crippen LogP contribution in [0.15, 0.2) is 0 Å². The molecule has 5 nitrogen and oxygen atoms in total. The molecule has 5 heteroatoms.